The molecule has 1 unspecified atom stereocenters. The summed E-state index contributed by atoms with van der Waals surface area (Å²) >= 11 is 0. The number of nitrogens with one attached hydrogen (secondary N) is 1. The maximum absolute atomic E-state index is 11.9. The molecule has 2 amide bonds. The summed E-state index contributed by atoms with van der Waals surface area (Å²) < 4.78 is 5.89. The van der Waals surface area contributed by atoms with Crippen molar-refractivity contribution in [2.75, 3.05) is 24.5 Å². The first-order valence-electron chi connectivity index (χ1n) is 11.4. The lowest BCUT2D eigenvalue weighted by molar-refractivity contribution is -0.121. The number of ether oxygens (including phenoxy) is 1. The minimum atomic E-state index is -0.398. The van der Waals surface area contributed by atoms with Crippen molar-refractivity contribution >= 4 is 17.5 Å². The van der Waals surface area contributed by atoms with Crippen LogP contribution in [-0.4, -0.2) is 31.4 Å². The summed E-state index contributed by atoms with van der Waals surface area (Å²) in [5.74, 6) is -0.0722. The molecule has 1 radical (unpaired) electrons. The summed E-state index contributed by atoms with van der Waals surface area (Å²) in [6, 6.07) is 18.2. The topological polar surface area (TPSA) is 84.7 Å². The van der Waals surface area contributed by atoms with Gasteiger partial charge in [-0.05, 0) is 56.5 Å². The molecule has 0 aromatic heterocycles. The summed E-state index contributed by atoms with van der Waals surface area (Å²) in [5, 5.41) is 2.88. The quantitative estimate of drug-likeness (QED) is 0.333. The van der Waals surface area contributed by atoms with Gasteiger partial charge in [0, 0.05) is 31.2 Å². The van der Waals surface area contributed by atoms with Crippen LogP contribution in [0.15, 0.2) is 66.2 Å². The van der Waals surface area contributed by atoms with Crippen molar-refractivity contribution in [1.82, 2.24) is 5.32 Å². The van der Waals surface area contributed by atoms with Crippen LogP contribution in [-0.2, 0) is 16.2 Å². The Balaban J connectivity index is 1.84. The van der Waals surface area contributed by atoms with Gasteiger partial charge in [-0.3, -0.25) is 9.59 Å². The number of nitrogens with two attached hydrogens (primary N) is 1. The van der Waals surface area contributed by atoms with Crippen molar-refractivity contribution in [3.05, 3.63) is 78.2 Å². The minimum absolute atomic E-state index is 0.168. The molecule has 177 valence electrons. The van der Waals surface area contributed by atoms with Crippen LogP contribution in [0, 0.1) is 12.3 Å². The largest absolute Gasteiger partial charge is 0.489 e. The standard InChI is InChI=1S/C27H36N3O3/c1-21(2)16-19-30(18-7-17-29-26(31)15-10-22(3)27(28)32)24-11-13-25(14-12-24)33-20-23-8-5-4-6-9-23/h4-6,8-9,11-16,22H,7,10,17-20H2,1-3H3,(H2,28,32)(H,29,31). The van der Waals surface area contributed by atoms with Crippen LogP contribution in [0.5, 0.6) is 5.75 Å². The van der Waals surface area contributed by atoms with Gasteiger partial charge in [-0.1, -0.05) is 48.9 Å². The molecule has 1 atom stereocenters. The number of anilines is 1. The first kappa shape index (κ1) is 26.0. The van der Waals surface area contributed by atoms with Crippen molar-refractivity contribution in [2.45, 2.75) is 40.2 Å². The highest BCUT2D eigenvalue weighted by atomic mass is 16.5. The summed E-state index contributed by atoms with van der Waals surface area (Å²) in [4.78, 5) is 25.3. The van der Waals surface area contributed by atoms with E-state index in [-0.39, 0.29) is 11.8 Å². The number of allylic oxidation sites excluding steroid dienone is 1. The van der Waals surface area contributed by atoms with E-state index in [0.717, 1.165) is 36.5 Å². The number of amides is 2. The molecular weight excluding hydrogens is 414 g/mol. The summed E-state index contributed by atoms with van der Waals surface area (Å²) in [7, 11) is 0. The maximum atomic E-state index is 11.9. The van der Waals surface area contributed by atoms with Crippen molar-refractivity contribution in [3.8, 4) is 5.75 Å². The van der Waals surface area contributed by atoms with E-state index in [2.05, 4.69) is 42.3 Å². The van der Waals surface area contributed by atoms with Crippen LogP contribution in [0.3, 0.4) is 0 Å². The van der Waals surface area contributed by atoms with Crippen LogP contribution in [0.2, 0.25) is 0 Å². The van der Waals surface area contributed by atoms with E-state index >= 15 is 0 Å². The van der Waals surface area contributed by atoms with Crippen molar-refractivity contribution < 1.29 is 14.3 Å². The predicted molar refractivity (Wildman–Crippen MR) is 134 cm³/mol. The van der Waals surface area contributed by atoms with Gasteiger partial charge >= 0.3 is 0 Å². The van der Waals surface area contributed by atoms with Gasteiger partial charge in [0.1, 0.15) is 12.4 Å². The Bertz CT molecular complexity index is 891. The molecule has 0 spiro atoms. The highest BCUT2D eigenvalue weighted by Crippen LogP contribution is 2.21. The number of primary amides is 1. The third-order valence-corrected chi connectivity index (χ3v) is 5.22. The second-order valence-corrected chi connectivity index (χ2v) is 8.38. The highest BCUT2D eigenvalue weighted by Gasteiger charge is 2.12. The van der Waals surface area contributed by atoms with E-state index in [4.69, 9.17) is 10.5 Å². The molecule has 6 nitrogen and oxygen atoms in total. The third-order valence-electron chi connectivity index (χ3n) is 5.22. The second kappa shape index (κ2) is 14.0. The summed E-state index contributed by atoms with van der Waals surface area (Å²) in [6.45, 7) is 8.57. The van der Waals surface area contributed by atoms with Gasteiger partial charge < -0.3 is 20.7 Å². The molecule has 2 rings (SSSR count). The predicted octanol–water partition coefficient (Wildman–Crippen LogP) is 4.26. The van der Waals surface area contributed by atoms with Gasteiger partial charge in [0.15, 0.2) is 0 Å². The molecule has 0 aliphatic heterocycles. The second-order valence-electron chi connectivity index (χ2n) is 8.38. The van der Waals surface area contributed by atoms with Crippen LogP contribution in [0.1, 0.15) is 39.2 Å². The molecule has 0 aliphatic rings. The fourth-order valence-corrected chi connectivity index (χ4v) is 3.07. The number of hydrogen-bond donors (Lipinski definition) is 2. The minimum Gasteiger partial charge on any atom is -0.489 e. The Morgan fingerprint density at radius 2 is 1.79 bits per heavy atom. The molecule has 2 aromatic carbocycles. The molecule has 0 bridgehead atoms. The number of nitrogens with zero attached hydrogens (tertiary/aromatic N) is 1. The lowest BCUT2D eigenvalue weighted by Crippen LogP contribution is -2.31. The van der Waals surface area contributed by atoms with Gasteiger partial charge in [0.25, 0.3) is 0 Å². The van der Waals surface area contributed by atoms with E-state index in [0.29, 0.717) is 19.6 Å². The van der Waals surface area contributed by atoms with E-state index in [1.54, 1.807) is 6.92 Å². The molecule has 0 aliphatic carbocycles. The van der Waals surface area contributed by atoms with Crippen LogP contribution in [0.4, 0.5) is 5.69 Å². The molecule has 2 aromatic rings. The number of rotatable bonds is 14. The van der Waals surface area contributed by atoms with Crippen LogP contribution in [0.25, 0.3) is 0 Å². The Labute approximate surface area is 197 Å². The normalized spacial score (nSPS) is 11.4. The average molecular weight is 451 g/mol. The zero-order chi connectivity index (χ0) is 24.1. The molecular formula is C27H36N3O3. The molecule has 0 saturated heterocycles. The molecule has 6 heteroatoms. The SMILES string of the molecule is CC(C)=CCN(CCCNC(=O)[CH]CC(C)C(N)=O)c1ccc(OCc2ccccc2)cc1. The van der Waals surface area contributed by atoms with Crippen molar-refractivity contribution in [1.29, 1.82) is 0 Å². The lowest BCUT2D eigenvalue weighted by atomic mass is 10.1. The first-order chi connectivity index (χ1) is 15.8. The Morgan fingerprint density at radius 1 is 1.09 bits per heavy atom. The highest BCUT2D eigenvalue weighted by molar-refractivity contribution is 5.85. The fraction of sp³-hybridized carbons (Fsp3) is 0.370. The van der Waals surface area contributed by atoms with Crippen LogP contribution < -0.4 is 20.7 Å². The molecule has 0 saturated carbocycles. The van der Waals surface area contributed by atoms with E-state index in [1.807, 2.05) is 42.5 Å². The number of carbonyl (C=O) groups is 2. The van der Waals surface area contributed by atoms with Gasteiger partial charge in [-0.25, -0.2) is 0 Å². The van der Waals surface area contributed by atoms with Gasteiger partial charge in [-0.2, -0.15) is 0 Å². The van der Waals surface area contributed by atoms with Gasteiger partial charge in [-0.15, -0.1) is 0 Å². The van der Waals surface area contributed by atoms with E-state index in [9.17, 15) is 9.59 Å². The lowest BCUT2D eigenvalue weighted by Gasteiger charge is -2.24. The van der Waals surface area contributed by atoms with Crippen molar-refractivity contribution in [3.63, 3.8) is 0 Å². The zero-order valence-electron chi connectivity index (χ0n) is 19.9. The van der Waals surface area contributed by atoms with Crippen LogP contribution >= 0.6 is 0 Å². The maximum Gasteiger partial charge on any atom is 0.223 e. The van der Waals surface area contributed by atoms with Gasteiger partial charge in [0.2, 0.25) is 11.8 Å². The van der Waals surface area contributed by atoms with Crippen molar-refractivity contribution in [2.24, 2.45) is 11.7 Å². The number of hydrogen-bond acceptors (Lipinski definition) is 4. The van der Waals surface area contributed by atoms with E-state index < -0.39 is 5.91 Å². The smallest absolute Gasteiger partial charge is 0.223 e. The Kier molecular flexibility index (Phi) is 11.0. The molecule has 33 heavy (non-hydrogen) atoms. The summed E-state index contributed by atoms with van der Waals surface area (Å²) in [5.41, 5.74) is 8.72. The summed E-state index contributed by atoms with van der Waals surface area (Å²) in [6.07, 6.45) is 4.84. The van der Waals surface area contributed by atoms with Gasteiger partial charge in [0.05, 0.1) is 6.42 Å². The molecule has 3 N–H and O–H groups in total. The van der Waals surface area contributed by atoms with E-state index in [1.165, 1.54) is 12.0 Å². The molecule has 0 heterocycles. The Hall–Kier alpha value is -3.28. The Morgan fingerprint density at radius 3 is 2.42 bits per heavy atom. The first-order valence-corrected chi connectivity index (χ1v) is 11.4. The average Bonchev–Trinajstić information content (AvgIpc) is 2.81. The zero-order valence-corrected chi connectivity index (χ0v) is 19.9. The number of benzene rings is 2. The number of carbonyl (C=O) groups excluding carboxylic acids is 2. The fourth-order valence-electron chi connectivity index (χ4n) is 3.07. The molecule has 0 fully saturated rings. The third kappa shape index (κ3) is 10.3. The monoisotopic (exact) mass is 450 g/mol.